The van der Waals surface area contributed by atoms with E-state index in [2.05, 4.69) is 36.1 Å². The van der Waals surface area contributed by atoms with E-state index in [1.54, 1.807) is 0 Å². The first-order valence-electron chi connectivity index (χ1n) is 7.70. The van der Waals surface area contributed by atoms with Crippen LogP contribution in [0.25, 0.3) is 11.0 Å². The summed E-state index contributed by atoms with van der Waals surface area (Å²) in [6.45, 7) is 2.45. The van der Waals surface area contributed by atoms with E-state index in [1.807, 2.05) is 24.5 Å². The number of halogens is 1. The van der Waals surface area contributed by atoms with Crippen molar-refractivity contribution in [3.05, 3.63) is 29.0 Å². The molecule has 1 saturated heterocycles. The van der Waals surface area contributed by atoms with Crippen molar-refractivity contribution >= 4 is 32.7 Å². The van der Waals surface area contributed by atoms with Crippen molar-refractivity contribution < 1.29 is 0 Å². The highest BCUT2D eigenvalue weighted by molar-refractivity contribution is 9.10. The first-order valence-corrected chi connectivity index (χ1v) is 8.50. The fourth-order valence-corrected chi connectivity index (χ4v) is 3.51. The molecule has 1 aliphatic heterocycles. The third kappa shape index (κ3) is 2.90. The molecular formula is C16H19BrN4. The highest BCUT2D eigenvalue weighted by atomic mass is 79.9. The second-order valence-electron chi connectivity index (χ2n) is 6.07. The predicted molar refractivity (Wildman–Crippen MR) is 88.5 cm³/mol. The molecule has 21 heavy (non-hydrogen) atoms. The third-order valence-electron chi connectivity index (χ3n) is 4.50. The van der Waals surface area contributed by atoms with Gasteiger partial charge in [0.25, 0.3) is 0 Å². The lowest BCUT2D eigenvalue weighted by Gasteiger charge is -2.33. The zero-order valence-electron chi connectivity index (χ0n) is 11.9. The van der Waals surface area contributed by atoms with Gasteiger partial charge in [0.1, 0.15) is 5.52 Å². The van der Waals surface area contributed by atoms with Gasteiger partial charge in [0.2, 0.25) is 0 Å². The van der Waals surface area contributed by atoms with Gasteiger partial charge in [0.05, 0.1) is 11.2 Å². The second-order valence-corrected chi connectivity index (χ2v) is 6.98. The minimum atomic E-state index is 0.552. The fraction of sp³-hybridized carbons (Fsp3) is 0.500. The van der Waals surface area contributed by atoms with E-state index in [-0.39, 0.29) is 0 Å². The molecule has 2 aromatic rings. The van der Waals surface area contributed by atoms with Crippen LogP contribution in [-0.4, -0.2) is 40.0 Å². The number of likely N-dealkylation sites (tertiary alicyclic amines) is 1. The van der Waals surface area contributed by atoms with Crippen LogP contribution in [0.1, 0.15) is 25.7 Å². The Morgan fingerprint density at radius 1 is 1.14 bits per heavy atom. The molecule has 0 spiro atoms. The quantitative estimate of drug-likeness (QED) is 0.924. The minimum Gasteiger partial charge on any atom is -0.380 e. The predicted octanol–water partition coefficient (Wildman–Crippen LogP) is 3.43. The van der Waals surface area contributed by atoms with Crippen LogP contribution in [0.3, 0.4) is 0 Å². The van der Waals surface area contributed by atoms with Gasteiger partial charge in [-0.2, -0.15) is 0 Å². The molecule has 4 rings (SSSR count). The molecule has 1 aliphatic carbocycles. The minimum absolute atomic E-state index is 0.552. The van der Waals surface area contributed by atoms with Crippen molar-refractivity contribution in [2.75, 3.05) is 18.4 Å². The summed E-state index contributed by atoms with van der Waals surface area (Å²) < 4.78 is 0.970. The molecule has 2 aromatic heterocycles. The van der Waals surface area contributed by atoms with Gasteiger partial charge >= 0.3 is 0 Å². The zero-order valence-corrected chi connectivity index (χ0v) is 13.5. The molecule has 2 aliphatic rings. The summed E-state index contributed by atoms with van der Waals surface area (Å²) in [5.41, 5.74) is 3.01. The van der Waals surface area contributed by atoms with Crippen molar-refractivity contribution in [1.82, 2.24) is 14.9 Å². The number of piperidine rings is 1. The summed E-state index contributed by atoms with van der Waals surface area (Å²) in [4.78, 5) is 11.6. The van der Waals surface area contributed by atoms with Crippen LogP contribution >= 0.6 is 15.9 Å². The Balaban J connectivity index is 1.49. The summed E-state index contributed by atoms with van der Waals surface area (Å²) in [7, 11) is 0. The summed E-state index contributed by atoms with van der Waals surface area (Å²) >= 11 is 3.45. The van der Waals surface area contributed by atoms with Gasteiger partial charge in [-0.15, -0.1) is 0 Å². The number of rotatable bonds is 3. The van der Waals surface area contributed by atoms with Crippen LogP contribution in [0.4, 0.5) is 5.69 Å². The van der Waals surface area contributed by atoms with Crippen molar-refractivity contribution in [1.29, 1.82) is 0 Å². The average molecular weight is 347 g/mol. The molecule has 0 bridgehead atoms. The molecule has 3 heterocycles. The monoisotopic (exact) mass is 346 g/mol. The van der Waals surface area contributed by atoms with Crippen molar-refractivity contribution in [2.24, 2.45) is 0 Å². The third-order valence-corrected chi connectivity index (χ3v) is 4.93. The van der Waals surface area contributed by atoms with Gasteiger partial charge in [-0.3, -0.25) is 9.97 Å². The SMILES string of the molecule is Brc1cnc2c(NC3CCN(C4CC4)CC3)ccnc2c1. The van der Waals surface area contributed by atoms with E-state index in [9.17, 15) is 0 Å². The maximum atomic E-state index is 4.52. The first-order chi connectivity index (χ1) is 10.3. The number of nitrogens with zero attached hydrogens (tertiary/aromatic N) is 3. The number of hydrogen-bond donors (Lipinski definition) is 1. The number of fused-ring (bicyclic) bond motifs is 1. The number of hydrogen-bond acceptors (Lipinski definition) is 4. The maximum Gasteiger partial charge on any atom is 0.112 e. The molecule has 0 unspecified atom stereocenters. The van der Waals surface area contributed by atoms with Gasteiger partial charge < -0.3 is 10.2 Å². The molecule has 110 valence electrons. The second kappa shape index (κ2) is 5.54. The van der Waals surface area contributed by atoms with Crippen LogP contribution in [0, 0.1) is 0 Å². The smallest absolute Gasteiger partial charge is 0.112 e. The van der Waals surface area contributed by atoms with Crippen LogP contribution in [0.2, 0.25) is 0 Å². The molecule has 1 saturated carbocycles. The highest BCUT2D eigenvalue weighted by Crippen LogP contribution is 2.30. The molecular weight excluding hydrogens is 328 g/mol. The van der Waals surface area contributed by atoms with E-state index in [4.69, 9.17) is 0 Å². The van der Waals surface area contributed by atoms with Crippen molar-refractivity contribution in [2.45, 2.75) is 37.8 Å². The Kier molecular flexibility index (Phi) is 3.55. The van der Waals surface area contributed by atoms with Gasteiger partial charge in [-0.1, -0.05) is 0 Å². The average Bonchev–Trinajstić information content (AvgIpc) is 3.33. The van der Waals surface area contributed by atoms with Crippen molar-refractivity contribution in [3.8, 4) is 0 Å². The largest absolute Gasteiger partial charge is 0.380 e. The van der Waals surface area contributed by atoms with Crippen LogP contribution in [0.5, 0.6) is 0 Å². The zero-order chi connectivity index (χ0) is 14.2. The first kappa shape index (κ1) is 13.5. The van der Waals surface area contributed by atoms with E-state index < -0.39 is 0 Å². The summed E-state index contributed by atoms with van der Waals surface area (Å²) in [6, 6.07) is 5.50. The Morgan fingerprint density at radius 2 is 1.95 bits per heavy atom. The van der Waals surface area contributed by atoms with E-state index in [0.29, 0.717) is 6.04 Å². The molecule has 0 amide bonds. The summed E-state index contributed by atoms with van der Waals surface area (Å²) in [5.74, 6) is 0. The van der Waals surface area contributed by atoms with Crippen molar-refractivity contribution in [3.63, 3.8) is 0 Å². The summed E-state index contributed by atoms with van der Waals surface area (Å²) in [5, 5.41) is 3.68. The molecule has 2 fully saturated rings. The lowest BCUT2D eigenvalue weighted by Crippen LogP contribution is -2.40. The van der Waals surface area contributed by atoms with Crippen LogP contribution in [-0.2, 0) is 0 Å². The van der Waals surface area contributed by atoms with E-state index in [1.165, 1.54) is 38.8 Å². The summed E-state index contributed by atoms with van der Waals surface area (Å²) in [6.07, 6.45) is 8.95. The Labute approximate surface area is 133 Å². The Hall–Kier alpha value is -1.20. The highest BCUT2D eigenvalue weighted by Gasteiger charge is 2.31. The normalized spacial score (nSPS) is 20.8. The number of anilines is 1. The van der Waals surface area contributed by atoms with Gasteiger partial charge in [-0.05, 0) is 53.7 Å². The van der Waals surface area contributed by atoms with Gasteiger partial charge in [-0.25, -0.2) is 0 Å². The molecule has 1 N–H and O–H groups in total. The molecule has 5 heteroatoms. The van der Waals surface area contributed by atoms with E-state index in [0.717, 1.165) is 27.2 Å². The number of nitrogens with one attached hydrogen (secondary N) is 1. The van der Waals surface area contributed by atoms with Crippen LogP contribution in [0.15, 0.2) is 29.0 Å². The lowest BCUT2D eigenvalue weighted by atomic mass is 10.0. The van der Waals surface area contributed by atoms with Gasteiger partial charge in [0, 0.05) is 42.0 Å². The number of aromatic nitrogens is 2. The fourth-order valence-electron chi connectivity index (χ4n) is 3.19. The lowest BCUT2D eigenvalue weighted by molar-refractivity contribution is 0.210. The van der Waals surface area contributed by atoms with Crippen LogP contribution < -0.4 is 5.32 Å². The maximum absolute atomic E-state index is 4.52. The standard InChI is InChI=1S/C16H19BrN4/c17-11-9-15-16(19-10-11)14(3-6-18-15)20-12-4-7-21(8-5-12)13-1-2-13/h3,6,9-10,12-13H,1-2,4-5,7-8H2,(H,18,20). The molecule has 0 aromatic carbocycles. The molecule has 0 radical (unpaired) electrons. The molecule has 4 nitrogen and oxygen atoms in total. The molecule has 0 atom stereocenters. The Morgan fingerprint density at radius 3 is 2.71 bits per heavy atom. The topological polar surface area (TPSA) is 41.1 Å². The van der Waals surface area contributed by atoms with Gasteiger partial charge in [0.15, 0.2) is 0 Å². The number of pyridine rings is 2. The van der Waals surface area contributed by atoms with E-state index >= 15 is 0 Å². The Bertz CT molecular complexity index is 648.